The third-order valence-corrected chi connectivity index (χ3v) is 3.11. The van der Waals surface area contributed by atoms with Crippen LogP contribution in [-0.2, 0) is 0 Å². The second-order valence-electron chi connectivity index (χ2n) is 3.69. The number of rotatable bonds is 0. The van der Waals surface area contributed by atoms with Crippen molar-refractivity contribution in [3.63, 3.8) is 0 Å². The molecule has 2 saturated heterocycles. The van der Waals surface area contributed by atoms with Crippen LogP contribution in [0.3, 0.4) is 0 Å². The number of quaternary nitrogens is 1. The first kappa shape index (κ1) is 6.58. The van der Waals surface area contributed by atoms with Crippen molar-refractivity contribution in [2.75, 3.05) is 20.1 Å². The van der Waals surface area contributed by atoms with Crippen molar-refractivity contribution < 1.29 is 4.59 Å². The molecule has 0 amide bonds. The van der Waals surface area contributed by atoms with Crippen LogP contribution in [0, 0.1) is 0 Å². The lowest BCUT2D eigenvalue weighted by molar-refractivity contribution is -0.965. The molecule has 0 spiro atoms. The lowest BCUT2D eigenvalue weighted by Crippen LogP contribution is -2.62. The zero-order chi connectivity index (χ0) is 7.19. The van der Waals surface area contributed by atoms with E-state index in [0.29, 0.717) is 16.7 Å². The number of fused-ring (bicyclic) bond motifs is 2. The van der Waals surface area contributed by atoms with Crippen LogP contribution in [-0.4, -0.2) is 36.8 Å². The summed E-state index contributed by atoms with van der Waals surface area (Å²) in [5, 5.41) is 3.37. The summed E-state index contributed by atoms with van der Waals surface area (Å²) in [6.07, 6.45) is 2.50. The summed E-state index contributed by atoms with van der Waals surface area (Å²) in [5.74, 6) is 8.00. The second kappa shape index (κ2) is 1.94. The first-order chi connectivity index (χ1) is 4.71. The molecule has 10 heavy (non-hydrogen) atoms. The van der Waals surface area contributed by atoms with Crippen LogP contribution in [0.4, 0.5) is 0 Å². The Labute approximate surface area is 61.7 Å². The van der Waals surface area contributed by atoms with Crippen LogP contribution in [0.2, 0.25) is 0 Å². The van der Waals surface area contributed by atoms with Crippen LogP contribution in [0.15, 0.2) is 0 Å². The smallest absolute Gasteiger partial charge is 0.121 e. The Balaban J connectivity index is 2.21. The number of piperazine rings is 1. The summed E-state index contributed by atoms with van der Waals surface area (Å²) in [4.78, 5) is 0. The third-order valence-electron chi connectivity index (χ3n) is 3.11. The average molecular weight is 141 g/mol. The molecule has 2 aliphatic heterocycles. The van der Waals surface area contributed by atoms with E-state index in [1.165, 1.54) is 12.8 Å². The van der Waals surface area contributed by atoms with Crippen LogP contribution in [0.5, 0.6) is 0 Å². The van der Waals surface area contributed by atoms with Gasteiger partial charge < -0.3 is 5.32 Å². The highest BCUT2D eigenvalue weighted by Crippen LogP contribution is 2.29. The molecule has 1 radical (unpaired) electrons. The molecule has 2 atom stereocenters. The van der Waals surface area contributed by atoms with Crippen LogP contribution < -0.4 is 11.2 Å². The minimum atomic E-state index is 0.521. The highest BCUT2D eigenvalue weighted by molar-refractivity contribution is 4.81. The Kier molecular flexibility index (Phi) is 1.27. The molecule has 2 aliphatic rings. The maximum absolute atomic E-state index is 8.00. The summed E-state index contributed by atoms with van der Waals surface area (Å²) in [5.41, 5.74) is 0. The van der Waals surface area contributed by atoms with Gasteiger partial charge in [0.05, 0.1) is 7.05 Å². The van der Waals surface area contributed by atoms with Gasteiger partial charge in [-0.1, -0.05) is 5.84 Å². The van der Waals surface area contributed by atoms with Gasteiger partial charge >= 0.3 is 0 Å². The Bertz CT molecular complexity index is 126. The number of hydrogen-bond donors (Lipinski definition) is 1. The largest absolute Gasteiger partial charge is 0.306 e. The molecule has 0 aromatic carbocycles. The van der Waals surface area contributed by atoms with Gasteiger partial charge in [0.1, 0.15) is 12.1 Å². The molecule has 2 heterocycles. The molecule has 0 aliphatic carbocycles. The zero-order valence-electron chi connectivity index (χ0n) is 6.43. The third kappa shape index (κ3) is 0.713. The standard InChI is InChI=1S/C7H15N3/c1-10(8)6-2-3-7(10)5-9-4-6/h6-9H,2-5H2,1H3/q+1. The minimum absolute atomic E-state index is 0.521. The lowest BCUT2D eigenvalue weighted by Gasteiger charge is -2.38. The lowest BCUT2D eigenvalue weighted by atomic mass is 10.2. The fraction of sp³-hybridized carbons (Fsp3) is 1.00. The number of nitrogens with one attached hydrogen (secondary N) is 2. The molecule has 2 fully saturated rings. The molecule has 0 saturated carbocycles. The van der Waals surface area contributed by atoms with Crippen molar-refractivity contribution >= 4 is 0 Å². The van der Waals surface area contributed by atoms with Gasteiger partial charge in [0.25, 0.3) is 0 Å². The molecule has 2 N–H and O–H groups in total. The zero-order valence-corrected chi connectivity index (χ0v) is 6.43. The molecule has 3 heteroatoms. The number of likely N-dealkylation sites (N-methyl/N-ethyl adjacent to an activating group) is 1. The SMILES string of the molecule is C[N+]1([NH])C2CCC1CNC2. The quantitative estimate of drug-likeness (QED) is 0.464. The molecule has 2 bridgehead atoms. The first-order valence-electron chi connectivity index (χ1n) is 4.03. The maximum atomic E-state index is 8.00. The van der Waals surface area contributed by atoms with E-state index in [0.717, 1.165) is 13.1 Å². The van der Waals surface area contributed by atoms with E-state index in [-0.39, 0.29) is 0 Å². The molecule has 2 unspecified atom stereocenters. The van der Waals surface area contributed by atoms with Crippen LogP contribution in [0.25, 0.3) is 0 Å². The van der Waals surface area contributed by atoms with Gasteiger partial charge in [-0.05, 0) is 0 Å². The van der Waals surface area contributed by atoms with E-state index in [9.17, 15) is 0 Å². The highest BCUT2D eigenvalue weighted by Gasteiger charge is 2.47. The molecule has 3 nitrogen and oxygen atoms in total. The van der Waals surface area contributed by atoms with Crippen LogP contribution in [0.1, 0.15) is 12.8 Å². The van der Waals surface area contributed by atoms with Gasteiger partial charge in [0.15, 0.2) is 0 Å². The predicted molar refractivity (Wildman–Crippen MR) is 39.0 cm³/mol. The first-order valence-corrected chi connectivity index (χ1v) is 4.03. The van der Waals surface area contributed by atoms with Gasteiger partial charge in [-0.3, -0.25) is 0 Å². The van der Waals surface area contributed by atoms with Crippen molar-refractivity contribution in [2.24, 2.45) is 0 Å². The molecular formula is C7H15N3+. The van der Waals surface area contributed by atoms with E-state index in [4.69, 9.17) is 5.84 Å². The monoisotopic (exact) mass is 141 g/mol. The minimum Gasteiger partial charge on any atom is -0.306 e. The van der Waals surface area contributed by atoms with Gasteiger partial charge in [0.2, 0.25) is 0 Å². The van der Waals surface area contributed by atoms with Crippen molar-refractivity contribution in [3.8, 4) is 0 Å². The Morgan fingerprint density at radius 2 is 1.80 bits per heavy atom. The van der Waals surface area contributed by atoms with Gasteiger partial charge in [-0.15, -0.1) is 0 Å². The van der Waals surface area contributed by atoms with E-state index < -0.39 is 0 Å². The molecule has 0 aromatic heterocycles. The Hall–Kier alpha value is -0.120. The van der Waals surface area contributed by atoms with Crippen molar-refractivity contribution in [1.82, 2.24) is 11.2 Å². The number of hydrogen-bond acceptors (Lipinski definition) is 1. The molecule has 2 rings (SSSR count). The number of nitrogens with zero attached hydrogens (tertiary/aromatic N) is 1. The summed E-state index contributed by atoms with van der Waals surface area (Å²) in [7, 11) is 2.04. The second-order valence-corrected chi connectivity index (χ2v) is 3.69. The van der Waals surface area contributed by atoms with Gasteiger partial charge in [-0.2, -0.15) is 0 Å². The van der Waals surface area contributed by atoms with Crippen molar-refractivity contribution in [3.05, 3.63) is 0 Å². The van der Waals surface area contributed by atoms with Gasteiger partial charge in [0, 0.05) is 25.9 Å². The van der Waals surface area contributed by atoms with E-state index in [1.807, 2.05) is 7.05 Å². The summed E-state index contributed by atoms with van der Waals surface area (Å²) >= 11 is 0. The van der Waals surface area contributed by atoms with Crippen molar-refractivity contribution in [1.29, 1.82) is 0 Å². The predicted octanol–water partition coefficient (Wildman–Crippen LogP) is -0.235. The van der Waals surface area contributed by atoms with E-state index >= 15 is 0 Å². The molecular weight excluding hydrogens is 126 g/mol. The Morgan fingerprint density at radius 3 is 2.20 bits per heavy atom. The summed E-state index contributed by atoms with van der Waals surface area (Å²) in [6, 6.07) is 1.14. The fourth-order valence-corrected chi connectivity index (χ4v) is 2.22. The van der Waals surface area contributed by atoms with E-state index in [1.54, 1.807) is 0 Å². The summed E-state index contributed by atoms with van der Waals surface area (Å²) in [6.45, 7) is 2.10. The topological polar surface area (TPSA) is 35.8 Å². The fourth-order valence-electron chi connectivity index (χ4n) is 2.22. The van der Waals surface area contributed by atoms with Crippen molar-refractivity contribution in [2.45, 2.75) is 24.9 Å². The van der Waals surface area contributed by atoms with Gasteiger partial charge in [-0.25, -0.2) is 4.59 Å². The average Bonchev–Trinajstić information content (AvgIpc) is 2.17. The summed E-state index contributed by atoms with van der Waals surface area (Å²) < 4.78 is 0.521. The Morgan fingerprint density at radius 1 is 1.30 bits per heavy atom. The molecule has 57 valence electrons. The van der Waals surface area contributed by atoms with E-state index in [2.05, 4.69) is 5.32 Å². The highest BCUT2D eigenvalue weighted by atomic mass is 15.6. The maximum Gasteiger partial charge on any atom is 0.121 e. The normalized spacial score (nSPS) is 53.4. The van der Waals surface area contributed by atoms with Crippen LogP contribution >= 0.6 is 0 Å². The molecule has 0 aromatic rings.